The fourth-order valence-corrected chi connectivity index (χ4v) is 1.94. The Labute approximate surface area is 122 Å². The van der Waals surface area contributed by atoms with Crippen LogP contribution < -0.4 is 0 Å². The Balaban J connectivity index is 2.17. The van der Waals surface area contributed by atoms with Crippen LogP contribution in [-0.4, -0.2) is 44.1 Å². The van der Waals surface area contributed by atoms with Gasteiger partial charge in [-0.05, 0) is 15.5 Å². The van der Waals surface area contributed by atoms with Crippen molar-refractivity contribution in [1.82, 2.24) is 5.06 Å². The molecule has 21 heavy (non-hydrogen) atoms. The zero-order chi connectivity index (χ0) is 15.4. The van der Waals surface area contributed by atoms with Crippen molar-refractivity contribution in [2.75, 3.05) is 28.3 Å². The van der Waals surface area contributed by atoms with Crippen molar-refractivity contribution in [3.8, 4) is 0 Å². The van der Waals surface area contributed by atoms with Gasteiger partial charge in [0.15, 0.2) is 11.3 Å². The van der Waals surface area contributed by atoms with Crippen LogP contribution in [0.3, 0.4) is 0 Å². The molecule has 0 aromatic heterocycles. The van der Waals surface area contributed by atoms with E-state index in [1.165, 1.54) is 26.1 Å². The zero-order valence-electron chi connectivity index (χ0n) is 12.4. The van der Waals surface area contributed by atoms with Crippen LogP contribution in [0.2, 0.25) is 0 Å². The van der Waals surface area contributed by atoms with Gasteiger partial charge in [-0.2, -0.15) is 0 Å². The van der Waals surface area contributed by atoms with Crippen molar-refractivity contribution >= 4 is 5.91 Å². The van der Waals surface area contributed by atoms with Crippen molar-refractivity contribution in [1.29, 1.82) is 0 Å². The minimum absolute atomic E-state index is 0.280. The second-order valence-corrected chi connectivity index (χ2v) is 4.48. The van der Waals surface area contributed by atoms with Gasteiger partial charge in [-0.1, -0.05) is 24.3 Å². The molecule has 0 bridgehead atoms. The minimum Gasteiger partial charge on any atom is -0.367 e. The van der Waals surface area contributed by atoms with Gasteiger partial charge in [0.25, 0.3) is 5.91 Å². The summed E-state index contributed by atoms with van der Waals surface area (Å²) in [7, 11) is 6.17. The lowest BCUT2D eigenvalue weighted by Gasteiger charge is -2.21. The fourth-order valence-electron chi connectivity index (χ4n) is 1.94. The molecule has 1 aliphatic heterocycles. The molecule has 1 heterocycles. The van der Waals surface area contributed by atoms with E-state index < -0.39 is 6.10 Å². The van der Waals surface area contributed by atoms with Crippen LogP contribution in [0.4, 0.5) is 0 Å². The second-order valence-electron chi connectivity index (χ2n) is 4.48. The van der Waals surface area contributed by atoms with Crippen molar-refractivity contribution in [2.24, 2.45) is 15.5 Å². The number of carbonyl (C=O) groups is 1. The third-order valence-electron chi connectivity index (χ3n) is 3.15. The van der Waals surface area contributed by atoms with Crippen LogP contribution >= 0.6 is 0 Å². The van der Waals surface area contributed by atoms with Gasteiger partial charge in [-0.25, -0.2) is 5.06 Å². The van der Waals surface area contributed by atoms with E-state index >= 15 is 0 Å². The smallest absolute Gasteiger partial charge is 0.320 e. The summed E-state index contributed by atoms with van der Waals surface area (Å²) in [4.78, 5) is 18.4. The Morgan fingerprint density at radius 1 is 1.33 bits per heavy atom. The Morgan fingerprint density at radius 2 is 2.00 bits per heavy atom. The highest BCUT2D eigenvalue weighted by Gasteiger charge is 2.26. The number of hydrogen-bond donors (Lipinski definition) is 0. The summed E-state index contributed by atoms with van der Waals surface area (Å²) in [5.74, 6) is -0.280. The standard InChI is InChI=1S/C13H18N5O3/c1-17(21-4)13(19)11(20-3)9-5-7-10(8-6-9)12-14-16-18(2)15-12/h5-8,11-12H,1-4H3/q+1. The highest BCUT2D eigenvalue weighted by molar-refractivity contribution is 5.81. The number of methoxy groups -OCH3 is 1. The van der Waals surface area contributed by atoms with Crippen molar-refractivity contribution in [3.63, 3.8) is 0 Å². The topological polar surface area (TPSA) is 78.9 Å². The van der Waals surface area contributed by atoms with E-state index in [2.05, 4.69) is 15.5 Å². The number of benzene rings is 1. The molecule has 2 unspecified atom stereocenters. The Morgan fingerprint density at radius 3 is 2.48 bits per heavy atom. The summed E-state index contributed by atoms with van der Waals surface area (Å²) in [5, 5.41) is 13.2. The molecule has 8 heteroatoms. The summed E-state index contributed by atoms with van der Waals surface area (Å²) in [6, 6.07) is 7.34. The lowest BCUT2D eigenvalue weighted by molar-refractivity contribution is -0.570. The first-order valence-electron chi connectivity index (χ1n) is 6.36. The van der Waals surface area contributed by atoms with Crippen LogP contribution in [0.15, 0.2) is 39.7 Å². The van der Waals surface area contributed by atoms with Gasteiger partial charge in [-0.15, -0.1) is 0 Å². The monoisotopic (exact) mass is 292 g/mol. The SMILES string of the molecule is COC(C(=O)N(C)OC)c1ccc(C2N=N[N+](C)=N2)cc1. The summed E-state index contributed by atoms with van der Waals surface area (Å²) in [6.07, 6.45) is -1.05. The highest BCUT2D eigenvalue weighted by Crippen LogP contribution is 2.26. The molecule has 0 saturated carbocycles. The van der Waals surface area contributed by atoms with Crippen LogP contribution in [0.5, 0.6) is 0 Å². The zero-order valence-corrected chi connectivity index (χ0v) is 12.4. The number of amides is 1. The van der Waals surface area contributed by atoms with Crippen LogP contribution in [0.1, 0.15) is 23.4 Å². The molecule has 0 N–H and O–H groups in total. The molecule has 1 amide bonds. The summed E-state index contributed by atoms with van der Waals surface area (Å²) in [5.41, 5.74) is 1.63. The Hall–Kier alpha value is -2.19. The van der Waals surface area contributed by atoms with E-state index in [1.807, 2.05) is 24.3 Å². The van der Waals surface area contributed by atoms with Gasteiger partial charge in [0.1, 0.15) is 7.05 Å². The normalized spacial score (nSPS) is 18.5. The molecular weight excluding hydrogens is 274 g/mol. The number of hydroxylamine groups is 2. The van der Waals surface area contributed by atoms with E-state index in [0.717, 1.165) is 16.2 Å². The molecule has 1 aromatic rings. The number of azo groups is 1. The number of hydrogen-bond acceptors (Lipinski definition) is 6. The molecule has 0 fully saturated rings. The molecule has 0 spiro atoms. The first kappa shape index (κ1) is 15.2. The minimum atomic E-state index is -0.714. The fraction of sp³-hybridized carbons (Fsp3) is 0.462. The molecule has 2 rings (SSSR count). The maximum Gasteiger partial charge on any atom is 0.320 e. The van der Waals surface area contributed by atoms with Gasteiger partial charge in [0.2, 0.25) is 0 Å². The maximum absolute atomic E-state index is 12.1. The van der Waals surface area contributed by atoms with Crippen LogP contribution in [0, 0.1) is 0 Å². The quantitative estimate of drug-likeness (QED) is 0.614. The summed E-state index contributed by atoms with van der Waals surface area (Å²) in [6.45, 7) is 0. The molecule has 2 atom stereocenters. The van der Waals surface area contributed by atoms with Gasteiger partial charge >= 0.3 is 6.17 Å². The molecule has 0 aliphatic carbocycles. The van der Waals surface area contributed by atoms with E-state index in [0.29, 0.717) is 0 Å². The number of carbonyl (C=O) groups excluding carboxylic acids is 1. The molecular formula is C13H18N5O3+. The van der Waals surface area contributed by atoms with E-state index in [4.69, 9.17) is 9.57 Å². The summed E-state index contributed by atoms with van der Waals surface area (Å²) < 4.78 is 5.26. The van der Waals surface area contributed by atoms with E-state index in [9.17, 15) is 4.79 Å². The number of rotatable bonds is 5. The number of likely N-dealkylation sites (N-methyl/N-ethyl adjacent to an activating group) is 1. The molecule has 1 aromatic carbocycles. The molecule has 0 saturated heterocycles. The molecule has 0 radical (unpaired) electrons. The first-order chi connectivity index (χ1) is 10.1. The Bertz CT molecular complexity index is 570. The lowest BCUT2D eigenvalue weighted by atomic mass is 10.1. The molecule has 8 nitrogen and oxygen atoms in total. The summed E-state index contributed by atoms with van der Waals surface area (Å²) >= 11 is 0. The van der Waals surface area contributed by atoms with Crippen molar-refractivity contribution < 1.29 is 19.2 Å². The average Bonchev–Trinajstić information content (AvgIpc) is 2.94. The van der Waals surface area contributed by atoms with Gasteiger partial charge in [0, 0.05) is 19.7 Å². The molecule has 1 aliphatic rings. The van der Waals surface area contributed by atoms with Crippen molar-refractivity contribution in [3.05, 3.63) is 35.4 Å². The van der Waals surface area contributed by atoms with Gasteiger partial charge < -0.3 is 4.74 Å². The maximum atomic E-state index is 12.1. The average molecular weight is 292 g/mol. The van der Waals surface area contributed by atoms with Crippen LogP contribution in [0.25, 0.3) is 0 Å². The first-order valence-corrected chi connectivity index (χ1v) is 6.36. The number of nitrogens with zero attached hydrogens (tertiary/aromatic N) is 5. The number of ether oxygens (including phenoxy) is 1. The van der Waals surface area contributed by atoms with E-state index in [1.54, 1.807) is 7.05 Å². The Kier molecular flexibility index (Phi) is 4.71. The lowest BCUT2D eigenvalue weighted by Crippen LogP contribution is -2.31. The van der Waals surface area contributed by atoms with E-state index in [-0.39, 0.29) is 12.1 Å². The molecule has 112 valence electrons. The van der Waals surface area contributed by atoms with Crippen LogP contribution in [-0.2, 0) is 14.4 Å². The van der Waals surface area contributed by atoms with Gasteiger partial charge in [0.05, 0.1) is 12.2 Å². The third kappa shape index (κ3) is 3.29. The largest absolute Gasteiger partial charge is 0.367 e. The predicted molar refractivity (Wildman–Crippen MR) is 72.2 cm³/mol. The van der Waals surface area contributed by atoms with Crippen molar-refractivity contribution in [2.45, 2.75) is 12.3 Å². The highest BCUT2D eigenvalue weighted by atomic mass is 16.7. The van der Waals surface area contributed by atoms with Gasteiger partial charge in [-0.3, -0.25) is 9.63 Å². The third-order valence-corrected chi connectivity index (χ3v) is 3.15. The predicted octanol–water partition coefficient (Wildman–Crippen LogP) is 1.87. The second kappa shape index (κ2) is 6.51.